The highest BCUT2D eigenvalue weighted by Gasteiger charge is 2.35. The van der Waals surface area contributed by atoms with Crippen LogP contribution < -0.4 is 16.0 Å². The Labute approximate surface area is 127 Å². The Morgan fingerprint density at radius 3 is 2.57 bits per heavy atom. The Kier molecular flexibility index (Phi) is 5.25. The summed E-state index contributed by atoms with van der Waals surface area (Å²) < 4.78 is 0. The summed E-state index contributed by atoms with van der Waals surface area (Å²) >= 11 is 0. The molecule has 2 fully saturated rings. The first kappa shape index (κ1) is 16.3. The number of nitrogens with one attached hydrogen (secondary N) is 3. The van der Waals surface area contributed by atoms with E-state index in [4.69, 9.17) is 0 Å². The van der Waals surface area contributed by atoms with Crippen LogP contribution >= 0.6 is 0 Å². The fourth-order valence-electron chi connectivity index (χ4n) is 3.55. The van der Waals surface area contributed by atoms with Crippen molar-refractivity contribution in [2.24, 2.45) is 11.3 Å². The summed E-state index contributed by atoms with van der Waals surface area (Å²) in [6, 6.07) is 0.417. The minimum absolute atomic E-state index is 0.0380. The van der Waals surface area contributed by atoms with Crippen LogP contribution in [0.4, 0.5) is 0 Å². The standard InChI is InChI=1S/C16H29N3O2/c1-16(2,15(21)17-3)10-18-14(20)13-9-8-11-6-4-5-7-12(11)19-13/h11-13,19H,4-10H2,1-3H3,(H,17,21)(H,18,20). The lowest BCUT2D eigenvalue weighted by atomic mass is 9.77. The van der Waals surface area contributed by atoms with Crippen LogP contribution in [0.25, 0.3) is 0 Å². The number of carbonyl (C=O) groups is 2. The molecule has 5 nitrogen and oxygen atoms in total. The molecule has 0 radical (unpaired) electrons. The normalized spacial score (nSPS) is 29.4. The van der Waals surface area contributed by atoms with Crippen LogP contribution in [0.2, 0.25) is 0 Å². The number of hydrogen-bond donors (Lipinski definition) is 3. The van der Waals surface area contributed by atoms with E-state index in [2.05, 4.69) is 16.0 Å². The van der Waals surface area contributed by atoms with Gasteiger partial charge in [-0.15, -0.1) is 0 Å². The molecule has 3 unspecified atom stereocenters. The summed E-state index contributed by atoms with van der Waals surface area (Å²) in [5.74, 6) is 0.743. The second kappa shape index (κ2) is 6.77. The van der Waals surface area contributed by atoms with E-state index in [-0.39, 0.29) is 17.9 Å². The van der Waals surface area contributed by atoms with Crippen LogP contribution in [0.1, 0.15) is 52.4 Å². The summed E-state index contributed by atoms with van der Waals surface area (Å²) in [6.45, 7) is 4.06. The molecule has 0 aromatic heterocycles. The highest BCUT2D eigenvalue weighted by Crippen LogP contribution is 2.32. The van der Waals surface area contributed by atoms with Gasteiger partial charge in [-0.25, -0.2) is 0 Å². The van der Waals surface area contributed by atoms with E-state index >= 15 is 0 Å². The predicted octanol–water partition coefficient (Wildman–Crippen LogP) is 1.19. The molecule has 0 spiro atoms. The van der Waals surface area contributed by atoms with Crippen molar-refractivity contribution in [3.8, 4) is 0 Å². The van der Waals surface area contributed by atoms with Gasteiger partial charge >= 0.3 is 0 Å². The van der Waals surface area contributed by atoms with Crippen LogP contribution in [0.3, 0.4) is 0 Å². The van der Waals surface area contributed by atoms with Gasteiger partial charge in [0.05, 0.1) is 11.5 Å². The van der Waals surface area contributed by atoms with Crippen molar-refractivity contribution >= 4 is 11.8 Å². The maximum absolute atomic E-state index is 12.3. The number of carbonyl (C=O) groups excluding carboxylic acids is 2. The third-order valence-electron chi connectivity index (χ3n) is 5.01. The molecule has 0 aromatic carbocycles. The number of piperidine rings is 1. The molecule has 1 aliphatic carbocycles. The van der Waals surface area contributed by atoms with E-state index in [1.165, 1.54) is 25.7 Å². The highest BCUT2D eigenvalue weighted by molar-refractivity contribution is 5.85. The van der Waals surface area contributed by atoms with E-state index in [9.17, 15) is 9.59 Å². The fraction of sp³-hybridized carbons (Fsp3) is 0.875. The van der Waals surface area contributed by atoms with Crippen LogP contribution in [0.15, 0.2) is 0 Å². The maximum Gasteiger partial charge on any atom is 0.237 e. The first-order chi connectivity index (χ1) is 9.94. The molecule has 0 bridgehead atoms. The predicted molar refractivity (Wildman–Crippen MR) is 82.8 cm³/mol. The molecule has 3 N–H and O–H groups in total. The van der Waals surface area contributed by atoms with Crippen LogP contribution in [-0.4, -0.2) is 37.5 Å². The highest BCUT2D eigenvalue weighted by atomic mass is 16.2. The first-order valence-electron chi connectivity index (χ1n) is 8.20. The van der Waals surface area contributed by atoms with Gasteiger partial charge in [0.15, 0.2) is 0 Å². The fourth-order valence-corrected chi connectivity index (χ4v) is 3.55. The van der Waals surface area contributed by atoms with Crippen molar-refractivity contribution in [3.63, 3.8) is 0 Å². The molecule has 21 heavy (non-hydrogen) atoms. The third kappa shape index (κ3) is 3.96. The molecule has 2 aliphatic rings. The maximum atomic E-state index is 12.3. The van der Waals surface area contributed by atoms with Crippen molar-refractivity contribution in [1.29, 1.82) is 0 Å². The van der Waals surface area contributed by atoms with Crippen LogP contribution in [-0.2, 0) is 9.59 Å². The summed E-state index contributed by atoms with van der Waals surface area (Å²) in [5.41, 5.74) is -0.577. The lowest BCUT2D eigenvalue weighted by molar-refractivity contribution is -0.130. The first-order valence-corrected chi connectivity index (χ1v) is 8.20. The van der Waals surface area contributed by atoms with E-state index in [0.717, 1.165) is 18.8 Å². The Balaban J connectivity index is 1.82. The lowest BCUT2D eigenvalue weighted by Gasteiger charge is -2.40. The third-order valence-corrected chi connectivity index (χ3v) is 5.01. The zero-order chi connectivity index (χ0) is 15.5. The Morgan fingerprint density at radius 1 is 1.14 bits per heavy atom. The largest absolute Gasteiger partial charge is 0.359 e. The van der Waals surface area contributed by atoms with Gasteiger partial charge in [0, 0.05) is 19.6 Å². The van der Waals surface area contributed by atoms with Gasteiger partial charge < -0.3 is 16.0 Å². The van der Waals surface area contributed by atoms with Crippen LogP contribution in [0, 0.1) is 11.3 Å². The Bertz CT molecular complexity index is 395. The molecule has 1 aliphatic heterocycles. The van der Waals surface area contributed by atoms with Crippen molar-refractivity contribution < 1.29 is 9.59 Å². The van der Waals surface area contributed by atoms with Crippen molar-refractivity contribution in [2.45, 2.75) is 64.5 Å². The average molecular weight is 295 g/mol. The van der Waals surface area contributed by atoms with Crippen molar-refractivity contribution in [1.82, 2.24) is 16.0 Å². The number of hydrogen-bond acceptors (Lipinski definition) is 3. The SMILES string of the molecule is CNC(=O)C(C)(C)CNC(=O)C1CCC2CCCCC2N1. The zero-order valence-corrected chi connectivity index (χ0v) is 13.5. The van der Waals surface area contributed by atoms with E-state index in [1.54, 1.807) is 7.05 Å². The molecule has 1 saturated carbocycles. The smallest absolute Gasteiger partial charge is 0.237 e. The Hall–Kier alpha value is -1.10. The van der Waals surface area contributed by atoms with Gasteiger partial charge in [-0.3, -0.25) is 9.59 Å². The minimum atomic E-state index is -0.577. The van der Waals surface area contributed by atoms with E-state index in [1.807, 2.05) is 13.8 Å². The molecule has 2 rings (SSSR count). The van der Waals surface area contributed by atoms with Gasteiger partial charge in [0.1, 0.15) is 0 Å². The number of fused-ring (bicyclic) bond motifs is 1. The molecule has 120 valence electrons. The molecule has 1 heterocycles. The van der Waals surface area contributed by atoms with Gasteiger partial charge in [-0.1, -0.05) is 12.8 Å². The van der Waals surface area contributed by atoms with Gasteiger partial charge in [-0.05, 0) is 45.4 Å². The van der Waals surface area contributed by atoms with Crippen molar-refractivity contribution in [2.75, 3.05) is 13.6 Å². The van der Waals surface area contributed by atoms with Crippen LogP contribution in [0.5, 0.6) is 0 Å². The Morgan fingerprint density at radius 2 is 1.86 bits per heavy atom. The van der Waals surface area contributed by atoms with Crippen molar-refractivity contribution in [3.05, 3.63) is 0 Å². The molecular formula is C16H29N3O2. The molecule has 2 amide bonds. The molecule has 5 heteroatoms. The molecule has 3 atom stereocenters. The summed E-state index contributed by atoms with van der Waals surface area (Å²) in [5, 5.41) is 9.10. The minimum Gasteiger partial charge on any atom is -0.359 e. The summed E-state index contributed by atoms with van der Waals surface area (Å²) in [4.78, 5) is 24.1. The molecular weight excluding hydrogens is 266 g/mol. The number of amides is 2. The second-order valence-corrected chi connectivity index (χ2v) is 7.13. The lowest BCUT2D eigenvalue weighted by Crippen LogP contribution is -2.56. The monoisotopic (exact) mass is 295 g/mol. The van der Waals surface area contributed by atoms with Gasteiger partial charge in [0.25, 0.3) is 0 Å². The van der Waals surface area contributed by atoms with Gasteiger partial charge in [-0.2, -0.15) is 0 Å². The second-order valence-electron chi connectivity index (χ2n) is 7.13. The molecule has 0 aromatic rings. The summed E-state index contributed by atoms with van der Waals surface area (Å²) in [7, 11) is 1.62. The summed E-state index contributed by atoms with van der Waals surface area (Å²) in [6.07, 6.45) is 7.15. The quantitative estimate of drug-likeness (QED) is 0.729. The van der Waals surface area contributed by atoms with Gasteiger partial charge in [0.2, 0.25) is 11.8 Å². The molecule has 1 saturated heterocycles. The topological polar surface area (TPSA) is 70.2 Å². The number of rotatable bonds is 4. The van der Waals surface area contributed by atoms with E-state index < -0.39 is 5.41 Å². The average Bonchev–Trinajstić information content (AvgIpc) is 2.51. The van der Waals surface area contributed by atoms with E-state index in [0.29, 0.717) is 12.6 Å². The zero-order valence-electron chi connectivity index (χ0n) is 13.5.